The molecule has 1 fully saturated rings. The summed E-state index contributed by atoms with van der Waals surface area (Å²) < 4.78 is 0. The second-order valence-corrected chi connectivity index (χ2v) is 7.91. The third kappa shape index (κ3) is 6.14. The molecule has 1 aliphatic heterocycles. The van der Waals surface area contributed by atoms with Crippen LogP contribution in [-0.2, 0) is 16.1 Å². The minimum Gasteiger partial charge on any atom is -0.369 e. The first-order valence-corrected chi connectivity index (χ1v) is 11.1. The lowest BCUT2D eigenvalue weighted by atomic mass is 10.1. The van der Waals surface area contributed by atoms with Crippen molar-refractivity contribution in [3.05, 3.63) is 90.5 Å². The van der Waals surface area contributed by atoms with Gasteiger partial charge in [-0.2, -0.15) is 0 Å². The smallest absolute Gasteiger partial charge is 0.309 e. The molecule has 1 unspecified atom stereocenters. The van der Waals surface area contributed by atoms with Crippen molar-refractivity contribution in [2.24, 2.45) is 0 Å². The highest BCUT2D eigenvalue weighted by Gasteiger charge is 2.26. The van der Waals surface area contributed by atoms with Gasteiger partial charge in [0.1, 0.15) is 0 Å². The average Bonchev–Trinajstić information content (AvgIpc) is 2.89. The summed E-state index contributed by atoms with van der Waals surface area (Å²) in [5, 5.41) is 5.45. The standard InChI is InChI=1S/C25H28N6O2/c32-24(28-17-20-6-4-10-26-16-20)25(33)29-19-23(21-7-5-11-27-18-21)31-14-12-30(13-15-31)22-8-2-1-3-9-22/h1-11,16,18,23H,12-15,17,19H2,(H,28,32)(H,29,33). The number of piperazine rings is 1. The Morgan fingerprint density at radius 1 is 0.818 bits per heavy atom. The van der Waals surface area contributed by atoms with E-state index in [-0.39, 0.29) is 12.6 Å². The van der Waals surface area contributed by atoms with Crippen molar-refractivity contribution in [1.29, 1.82) is 0 Å². The van der Waals surface area contributed by atoms with Crippen molar-refractivity contribution >= 4 is 17.5 Å². The zero-order valence-corrected chi connectivity index (χ0v) is 18.4. The molecule has 8 heteroatoms. The number of nitrogens with one attached hydrogen (secondary N) is 2. The molecule has 8 nitrogen and oxygen atoms in total. The number of hydrogen-bond donors (Lipinski definition) is 2. The summed E-state index contributed by atoms with van der Waals surface area (Å²) in [6, 6.07) is 17.8. The van der Waals surface area contributed by atoms with Gasteiger partial charge in [0.15, 0.2) is 0 Å². The molecule has 1 aliphatic rings. The lowest BCUT2D eigenvalue weighted by Crippen LogP contribution is -2.50. The van der Waals surface area contributed by atoms with Crippen LogP contribution in [0.2, 0.25) is 0 Å². The van der Waals surface area contributed by atoms with Crippen molar-refractivity contribution in [3.63, 3.8) is 0 Å². The van der Waals surface area contributed by atoms with Gasteiger partial charge in [-0.05, 0) is 35.4 Å². The van der Waals surface area contributed by atoms with E-state index >= 15 is 0 Å². The van der Waals surface area contributed by atoms with E-state index in [9.17, 15) is 9.59 Å². The molecule has 3 heterocycles. The van der Waals surface area contributed by atoms with Gasteiger partial charge in [0.2, 0.25) is 0 Å². The van der Waals surface area contributed by atoms with Crippen molar-refractivity contribution in [2.45, 2.75) is 12.6 Å². The summed E-state index contributed by atoms with van der Waals surface area (Å²) in [6.07, 6.45) is 6.88. The van der Waals surface area contributed by atoms with E-state index in [0.29, 0.717) is 6.54 Å². The average molecular weight is 445 g/mol. The summed E-state index contributed by atoms with van der Waals surface area (Å²) in [5.74, 6) is -1.30. The van der Waals surface area contributed by atoms with Crippen LogP contribution >= 0.6 is 0 Å². The molecule has 0 radical (unpaired) electrons. The van der Waals surface area contributed by atoms with Crippen LogP contribution < -0.4 is 15.5 Å². The molecule has 3 aromatic rings. The highest BCUT2D eigenvalue weighted by molar-refractivity contribution is 6.35. The molecular formula is C25H28N6O2. The molecule has 33 heavy (non-hydrogen) atoms. The number of carbonyl (C=O) groups excluding carboxylic acids is 2. The molecule has 1 saturated heterocycles. The third-order valence-electron chi connectivity index (χ3n) is 5.78. The second-order valence-electron chi connectivity index (χ2n) is 7.91. The largest absolute Gasteiger partial charge is 0.369 e. The maximum Gasteiger partial charge on any atom is 0.309 e. The van der Waals surface area contributed by atoms with Gasteiger partial charge in [0.05, 0.1) is 6.04 Å². The highest BCUT2D eigenvalue weighted by atomic mass is 16.2. The number of amides is 2. The molecule has 0 bridgehead atoms. The van der Waals surface area contributed by atoms with Crippen LogP contribution in [0.25, 0.3) is 0 Å². The van der Waals surface area contributed by atoms with E-state index in [1.807, 2.05) is 30.5 Å². The van der Waals surface area contributed by atoms with Gasteiger partial charge in [-0.1, -0.05) is 30.3 Å². The lowest BCUT2D eigenvalue weighted by Gasteiger charge is -2.40. The Morgan fingerprint density at radius 2 is 1.52 bits per heavy atom. The predicted molar refractivity (Wildman–Crippen MR) is 126 cm³/mol. The maximum absolute atomic E-state index is 12.4. The normalized spacial score (nSPS) is 15.0. The lowest BCUT2D eigenvalue weighted by molar-refractivity contribution is -0.139. The van der Waals surface area contributed by atoms with E-state index in [2.05, 4.69) is 54.7 Å². The molecular weight excluding hydrogens is 416 g/mol. The van der Waals surface area contributed by atoms with Crippen molar-refractivity contribution < 1.29 is 9.59 Å². The van der Waals surface area contributed by atoms with Crippen LogP contribution in [0, 0.1) is 0 Å². The first kappa shape index (κ1) is 22.4. The zero-order chi connectivity index (χ0) is 22.9. The number of para-hydroxylation sites is 1. The van der Waals surface area contributed by atoms with Crippen LogP contribution in [0.3, 0.4) is 0 Å². The van der Waals surface area contributed by atoms with Crippen LogP contribution in [-0.4, -0.2) is 59.4 Å². The molecule has 0 aliphatic carbocycles. The number of aromatic nitrogens is 2. The van der Waals surface area contributed by atoms with Gasteiger partial charge >= 0.3 is 11.8 Å². The molecule has 2 N–H and O–H groups in total. The molecule has 1 atom stereocenters. The Kier molecular flexibility index (Phi) is 7.60. The van der Waals surface area contributed by atoms with Gasteiger partial charge in [-0.15, -0.1) is 0 Å². The topological polar surface area (TPSA) is 90.5 Å². The minimum atomic E-state index is -0.655. The number of pyridine rings is 2. The summed E-state index contributed by atoms with van der Waals surface area (Å²) in [5.41, 5.74) is 3.07. The predicted octanol–water partition coefficient (Wildman–Crippen LogP) is 1.77. The first-order chi connectivity index (χ1) is 16.2. The summed E-state index contributed by atoms with van der Waals surface area (Å²) in [4.78, 5) is 37.7. The fraction of sp³-hybridized carbons (Fsp3) is 0.280. The summed E-state index contributed by atoms with van der Waals surface area (Å²) in [6.45, 7) is 4.06. The van der Waals surface area contributed by atoms with Gasteiger partial charge in [0, 0.05) is 69.7 Å². The highest BCUT2D eigenvalue weighted by Crippen LogP contribution is 2.23. The quantitative estimate of drug-likeness (QED) is 0.540. The number of hydrogen-bond acceptors (Lipinski definition) is 6. The van der Waals surface area contributed by atoms with Gasteiger partial charge in [0.25, 0.3) is 0 Å². The van der Waals surface area contributed by atoms with Gasteiger partial charge in [-0.25, -0.2) is 0 Å². The Hall–Kier alpha value is -3.78. The fourth-order valence-corrected chi connectivity index (χ4v) is 4.00. The van der Waals surface area contributed by atoms with Gasteiger partial charge < -0.3 is 15.5 Å². The molecule has 2 amide bonds. The number of anilines is 1. The van der Waals surface area contributed by atoms with E-state index in [4.69, 9.17) is 0 Å². The number of carbonyl (C=O) groups is 2. The monoisotopic (exact) mass is 444 g/mol. The zero-order valence-electron chi connectivity index (χ0n) is 18.4. The summed E-state index contributed by atoms with van der Waals surface area (Å²) >= 11 is 0. The molecule has 1 aromatic carbocycles. The van der Waals surface area contributed by atoms with E-state index < -0.39 is 11.8 Å². The van der Waals surface area contributed by atoms with Crippen molar-refractivity contribution in [3.8, 4) is 0 Å². The Morgan fingerprint density at radius 3 is 2.18 bits per heavy atom. The van der Waals surface area contributed by atoms with Crippen LogP contribution in [0.5, 0.6) is 0 Å². The Bertz CT molecular complexity index is 1020. The fourth-order valence-electron chi connectivity index (χ4n) is 4.00. The molecule has 0 spiro atoms. The molecule has 2 aromatic heterocycles. The maximum atomic E-state index is 12.4. The van der Waals surface area contributed by atoms with Crippen LogP contribution in [0.1, 0.15) is 17.2 Å². The SMILES string of the molecule is O=C(NCc1cccnc1)C(=O)NCC(c1cccnc1)N1CCN(c2ccccc2)CC1. The van der Waals surface area contributed by atoms with E-state index in [1.165, 1.54) is 5.69 Å². The Labute approximate surface area is 193 Å². The number of nitrogens with zero attached hydrogens (tertiary/aromatic N) is 4. The van der Waals surface area contributed by atoms with Gasteiger partial charge in [-0.3, -0.25) is 24.5 Å². The Balaban J connectivity index is 1.34. The third-order valence-corrected chi connectivity index (χ3v) is 5.78. The van der Waals surface area contributed by atoms with E-state index in [0.717, 1.165) is 37.3 Å². The molecule has 4 rings (SSSR count). The number of benzene rings is 1. The van der Waals surface area contributed by atoms with Crippen molar-refractivity contribution in [1.82, 2.24) is 25.5 Å². The minimum absolute atomic E-state index is 0.0632. The molecule has 170 valence electrons. The summed E-state index contributed by atoms with van der Waals surface area (Å²) in [7, 11) is 0. The first-order valence-electron chi connectivity index (χ1n) is 11.1. The van der Waals surface area contributed by atoms with Crippen LogP contribution in [0.15, 0.2) is 79.4 Å². The molecule has 0 saturated carbocycles. The van der Waals surface area contributed by atoms with E-state index in [1.54, 1.807) is 24.7 Å². The van der Waals surface area contributed by atoms with Crippen molar-refractivity contribution in [2.75, 3.05) is 37.6 Å². The second kappa shape index (κ2) is 11.2. The van der Waals surface area contributed by atoms with Crippen LogP contribution in [0.4, 0.5) is 5.69 Å². The number of rotatable bonds is 7.